The number of nitrogens with zero attached hydrogens (tertiary/aromatic N) is 1. The Hall–Kier alpha value is -1.35. The number of hydrogen-bond acceptors (Lipinski definition) is 1. The summed E-state index contributed by atoms with van der Waals surface area (Å²) in [5.74, 6) is 0.723. The molecule has 18 heavy (non-hydrogen) atoms. The van der Waals surface area contributed by atoms with Gasteiger partial charge in [-0.15, -0.1) is 0 Å². The number of allylic oxidation sites excluding steroid dienone is 2. The minimum absolute atomic E-state index is 0.723. The molecule has 1 aliphatic carbocycles. The first-order valence-electron chi connectivity index (χ1n) is 6.59. The molecular formula is C15H18N2S. The Morgan fingerprint density at radius 3 is 3.06 bits per heavy atom. The molecule has 0 saturated heterocycles. The number of benzene rings is 1. The van der Waals surface area contributed by atoms with E-state index in [4.69, 9.17) is 12.2 Å². The van der Waals surface area contributed by atoms with Gasteiger partial charge >= 0.3 is 0 Å². The number of H-pyrrole nitrogens is 1. The molecule has 1 aromatic carbocycles. The van der Waals surface area contributed by atoms with Crippen molar-refractivity contribution < 1.29 is 0 Å². The first kappa shape index (κ1) is 11.7. The van der Waals surface area contributed by atoms with Gasteiger partial charge in [-0.2, -0.15) is 0 Å². The summed E-state index contributed by atoms with van der Waals surface area (Å²) in [7, 11) is 0. The van der Waals surface area contributed by atoms with Gasteiger partial charge in [0.25, 0.3) is 0 Å². The topological polar surface area (TPSA) is 20.7 Å². The summed E-state index contributed by atoms with van der Waals surface area (Å²) in [4.78, 5) is 3.32. The van der Waals surface area contributed by atoms with Crippen molar-refractivity contribution in [1.82, 2.24) is 9.55 Å². The number of aromatic amines is 1. The molecule has 1 atom stereocenters. The summed E-state index contributed by atoms with van der Waals surface area (Å²) >= 11 is 5.47. The van der Waals surface area contributed by atoms with Crippen molar-refractivity contribution >= 4 is 23.3 Å². The van der Waals surface area contributed by atoms with Crippen LogP contribution in [0.1, 0.15) is 24.8 Å². The lowest BCUT2D eigenvalue weighted by molar-refractivity contribution is 0.413. The van der Waals surface area contributed by atoms with Gasteiger partial charge in [0.15, 0.2) is 4.77 Å². The second-order valence-electron chi connectivity index (χ2n) is 5.16. The van der Waals surface area contributed by atoms with Gasteiger partial charge in [-0.05, 0) is 56.0 Å². The fraction of sp³-hybridized carbons (Fsp3) is 0.400. The van der Waals surface area contributed by atoms with Gasteiger partial charge in [-0.3, -0.25) is 0 Å². The quantitative estimate of drug-likeness (QED) is 0.627. The van der Waals surface area contributed by atoms with Crippen LogP contribution in [-0.4, -0.2) is 9.55 Å². The Balaban J connectivity index is 2.03. The van der Waals surface area contributed by atoms with Crippen LogP contribution in [0.3, 0.4) is 0 Å². The van der Waals surface area contributed by atoms with Crippen molar-refractivity contribution in [2.75, 3.05) is 0 Å². The molecule has 3 heteroatoms. The number of hydrogen-bond donors (Lipinski definition) is 1. The summed E-state index contributed by atoms with van der Waals surface area (Å²) in [5, 5.41) is 0. The Morgan fingerprint density at radius 2 is 2.28 bits per heavy atom. The zero-order chi connectivity index (χ0) is 12.5. The van der Waals surface area contributed by atoms with Gasteiger partial charge < -0.3 is 9.55 Å². The molecule has 1 aromatic heterocycles. The van der Waals surface area contributed by atoms with Crippen molar-refractivity contribution in [3.8, 4) is 0 Å². The average Bonchev–Trinajstić information content (AvgIpc) is 2.69. The number of aryl methyl sites for hydroxylation is 1. The van der Waals surface area contributed by atoms with E-state index < -0.39 is 0 Å². The summed E-state index contributed by atoms with van der Waals surface area (Å²) in [6.07, 6.45) is 8.26. The standard InChI is InChI=1S/C15H18N2S/c1-11-6-5-9-13-14(11)17(15(18)16-13)10-12-7-3-2-4-8-12/h2-3,5-6,9,12H,4,7-8,10H2,1H3,(H,16,18). The zero-order valence-electron chi connectivity index (χ0n) is 10.6. The first-order chi connectivity index (χ1) is 8.75. The highest BCUT2D eigenvalue weighted by Crippen LogP contribution is 2.24. The molecule has 0 radical (unpaired) electrons. The van der Waals surface area contributed by atoms with Gasteiger partial charge in [0.05, 0.1) is 11.0 Å². The number of aromatic nitrogens is 2. The third-order valence-corrected chi connectivity index (χ3v) is 4.14. The van der Waals surface area contributed by atoms with Crippen molar-refractivity contribution in [3.05, 3.63) is 40.7 Å². The maximum Gasteiger partial charge on any atom is 0.178 e. The number of imidazole rings is 1. The number of fused-ring (bicyclic) bond motifs is 1. The van der Waals surface area contributed by atoms with Gasteiger partial charge in [0, 0.05) is 6.54 Å². The lowest BCUT2D eigenvalue weighted by Crippen LogP contribution is -2.12. The second-order valence-corrected chi connectivity index (χ2v) is 5.55. The maximum absolute atomic E-state index is 5.47. The molecule has 0 fully saturated rings. The lowest BCUT2D eigenvalue weighted by Gasteiger charge is -2.19. The molecule has 1 heterocycles. The van der Waals surface area contributed by atoms with Crippen molar-refractivity contribution in [2.24, 2.45) is 5.92 Å². The summed E-state index contributed by atoms with van der Waals surface area (Å²) < 4.78 is 3.14. The molecule has 94 valence electrons. The predicted octanol–water partition coefficient (Wildman–Crippen LogP) is 4.36. The highest BCUT2D eigenvalue weighted by atomic mass is 32.1. The van der Waals surface area contributed by atoms with Crippen molar-refractivity contribution in [3.63, 3.8) is 0 Å². The van der Waals surface area contributed by atoms with Crippen LogP contribution in [0.15, 0.2) is 30.4 Å². The van der Waals surface area contributed by atoms with E-state index in [1.54, 1.807) is 0 Å². The van der Waals surface area contributed by atoms with Crippen LogP contribution in [0.5, 0.6) is 0 Å². The van der Waals surface area contributed by atoms with Crippen LogP contribution < -0.4 is 0 Å². The van der Waals surface area contributed by atoms with Crippen LogP contribution in [-0.2, 0) is 6.54 Å². The monoisotopic (exact) mass is 258 g/mol. The Bertz CT molecular complexity index is 648. The molecule has 1 aliphatic rings. The highest BCUT2D eigenvalue weighted by Gasteiger charge is 2.14. The molecule has 0 amide bonds. The van der Waals surface area contributed by atoms with E-state index >= 15 is 0 Å². The SMILES string of the molecule is Cc1cccc2[nH]c(=S)n(CC3CC=CCC3)c12. The fourth-order valence-electron chi connectivity index (χ4n) is 2.86. The molecule has 0 aliphatic heterocycles. The Morgan fingerprint density at radius 1 is 1.39 bits per heavy atom. The molecule has 2 aromatic rings. The number of rotatable bonds is 2. The van der Waals surface area contributed by atoms with E-state index in [9.17, 15) is 0 Å². The third kappa shape index (κ3) is 2.03. The normalized spacial score (nSPS) is 19.5. The first-order valence-corrected chi connectivity index (χ1v) is 6.99. The van der Waals surface area contributed by atoms with E-state index in [2.05, 4.69) is 46.8 Å². The van der Waals surface area contributed by atoms with Crippen LogP contribution >= 0.6 is 12.2 Å². The third-order valence-electron chi connectivity index (χ3n) is 3.81. The average molecular weight is 258 g/mol. The van der Waals surface area contributed by atoms with Crippen molar-refractivity contribution in [2.45, 2.75) is 32.7 Å². The molecule has 1 N–H and O–H groups in total. The molecular weight excluding hydrogens is 240 g/mol. The van der Waals surface area contributed by atoms with Crippen LogP contribution in [0.2, 0.25) is 0 Å². The Labute approximate surface area is 112 Å². The summed E-state index contributed by atoms with van der Waals surface area (Å²) in [5.41, 5.74) is 3.73. The van der Waals surface area contributed by atoms with Gasteiger partial charge in [-0.25, -0.2) is 0 Å². The van der Waals surface area contributed by atoms with Crippen molar-refractivity contribution in [1.29, 1.82) is 0 Å². The van der Waals surface area contributed by atoms with Gasteiger partial charge in [0.2, 0.25) is 0 Å². The molecule has 3 rings (SSSR count). The maximum atomic E-state index is 5.47. The molecule has 0 saturated carbocycles. The number of para-hydroxylation sites is 1. The molecule has 1 unspecified atom stereocenters. The second kappa shape index (κ2) is 4.73. The minimum atomic E-state index is 0.723. The van der Waals surface area contributed by atoms with E-state index in [0.29, 0.717) is 0 Å². The Kier molecular flexibility index (Phi) is 3.08. The predicted molar refractivity (Wildman–Crippen MR) is 78.3 cm³/mol. The van der Waals surface area contributed by atoms with Crippen LogP contribution in [0.25, 0.3) is 11.0 Å². The van der Waals surface area contributed by atoms with E-state index in [0.717, 1.165) is 22.8 Å². The van der Waals surface area contributed by atoms with E-state index in [-0.39, 0.29) is 0 Å². The molecule has 2 nitrogen and oxygen atoms in total. The zero-order valence-corrected chi connectivity index (χ0v) is 11.5. The smallest absolute Gasteiger partial charge is 0.178 e. The fourth-order valence-corrected chi connectivity index (χ4v) is 3.13. The number of nitrogens with one attached hydrogen (secondary N) is 1. The van der Waals surface area contributed by atoms with E-state index in [1.165, 1.54) is 30.3 Å². The molecule has 0 bridgehead atoms. The van der Waals surface area contributed by atoms with E-state index in [1.807, 2.05) is 0 Å². The van der Waals surface area contributed by atoms with Crippen LogP contribution in [0, 0.1) is 17.6 Å². The van der Waals surface area contributed by atoms with Crippen LogP contribution in [0.4, 0.5) is 0 Å². The van der Waals surface area contributed by atoms with Gasteiger partial charge in [0.1, 0.15) is 0 Å². The highest BCUT2D eigenvalue weighted by molar-refractivity contribution is 7.71. The lowest BCUT2D eigenvalue weighted by atomic mass is 9.94. The van der Waals surface area contributed by atoms with Gasteiger partial charge in [-0.1, -0.05) is 24.3 Å². The minimum Gasteiger partial charge on any atom is -0.331 e. The summed E-state index contributed by atoms with van der Waals surface area (Å²) in [6, 6.07) is 6.34. The molecule has 0 spiro atoms. The summed E-state index contributed by atoms with van der Waals surface area (Å²) in [6.45, 7) is 3.19. The largest absolute Gasteiger partial charge is 0.331 e.